The minimum atomic E-state index is 0.145. The van der Waals surface area contributed by atoms with Crippen molar-refractivity contribution >= 4 is 17.6 Å². The molecule has 2 aliphatic rings. The lowest BCUT2D eigenvalue weighted by molar-refractivity contribution is -0.122. The van der Waals surface area contributed by atoms with Crippen LogP contribution in [0.2, 0.25) is 0 Å². The molecule has 1 saturated heterocycles. The summed E-state index contributed by atoms with van der Waals surface area (Å²) in [5.41, 5.74) is 1.97. The third kappa shape index (κ3) is 6.22. The fraction of sp³-hybridized carbons (Fsp3) is 0.600. The number of nitrogens with one attached hydrogen (secondary N) is 3. The number of hydrogen-bond acceptors (Lipinski definition) is 4. The van der Waals surface area contributed by atoms with Gasteiger partial charge in [-0.2, -0.15) is 0 Å². The number of carbonyl (C=O) groups excluding carboxylic acids is 1. The number of amides is 1. The molecule has 0 atom stereocenters. The fourth-order valence-electron chi connectivity index (χ4n) is 3.24. The van der Waals surface area contributed by atoms with Crippen molar-refractivity contribution in [1.29, 1.82) is 0 Å². The van der Waals surface area contributed by atoms with Crippen LogP contribution in [0.1, 0.15) is 24.8 Å². The maximum Gasteiger partial charge on any atom is 0.227 e. The quantitative estimate of drug-likeness (QED) is 0.498. The van der Waals surface area contributed by atoms with Crippen molar-refractivity contribution in [1.82, 2.24) is 15.5 Å². The average Bonchev–Trinajstić information content (AvgIpc) is 2.64. The molecule has 0 unspecified atom stereocenters. The molecule has 0 bridgehead atoms. The summed E-state index contributed by atoms with van der Waals surface area (Å²) in [6, 6.07) is 7.98. The van der Waals surface area contributed by atoms with Gasteiger partial charge in [-0.1, -0.05) is 18.6 Å². The molecule has 1 aliphatic carbocycles. The van der Waals surface area contributed by atoms with E-state index in [9.17, 15) is 4.79 Å². The number of carbonyl (C=O) groups is 1. The Morgan fingerprint density at radius 3 is 2.78 bits per heavy atom. The number of ether oxygens (including phenoxy) is 1. The van der Waals surface area contributed by atoms with Crippen LogP contribution in [0.4, 0.5) is 5.69 Å². The molecule has 148 valence electrons. The Kier molecular flexibility index (Phi) is 7.47. The van der Waals surface area contributed by atoms with Gasteiger partial charge in [0, 0.05) is 51.4 Å². The van der Waals surface area contributed by atoms with Crippen LogP contribution in [-0.2, 0) is 16.1 Å². The van der Waals surface area contributed by atoms with Crippen LogP contribution >= 0.6 is 0 Å². The standard InChI is InChI=1S/C20H31N5O2/c1-21-20(22-8-9-25-10-12-27-13-11-25)23-15-16-4-2-7-18(14-16)24-19(26)17-5-3-6-17/h2,4,7,14,17H,3,5-6,8-13,15H2,1H3,(H,24,26)(H2,21,22,23). The van der Waals surface area contributed by atoms with Crippen LogP contribution in [0.25, 0.3) is 0 Å². The van der Waals surface area contributed by atoms with Crippen LogP contribution in [-0.4, -0.2) is 63.2 Å². The van der Waals surface area contributed by atoms with Crippen molar-refractivity contribution < 1.29 is 9.53 Å². The molecule has 1 aromatic rings. The molecular weight excluding hydrogens is 342 g/mol. The van der Waals surface area contributed by atoms with Gasteiger partial charge >= 0.3 is 0 Å². The first-order valence-corrected chi connectivity index (χ1v) is 9.89. The lowest BCUT2D eigenvalue weighted by Crippen LogP contribution is -2.44. The number of hydrogen-bond donors (Lipinski definition) is 3. The molecule has 0 spiro atoms. The normalized spacial score (nSPS) is 18.6. The van der Waals surface area contributed by atoms with Gasteiger partial charge in [0.15, 0.2) is 5.96 Å². The maximum atomic E-state index is 12.1. The summed E-state index contributed by atoms with van der Waals surface area (Å²) in [7, 11) is 1.78. The van der Waals surface area contributed by atoms with E-state index in [0.717, 1.165) is 69.4 Å². The SMILES string of the molecule is CN=C(NCCN1CCOCC1)NCc1cccc(NC(=O)C2CCC2)c1. The van der Waals surface area contributed by atoms with E-state index < -0.39 is 0 Å². The van der Waals surface area contributed by atoms with Gasteiger partial charge < -0.3 is 20.7 Å². The van der Waals surface area contributed by atoms with Crippen molar-refractivity contribution in [3.05, 3.63) is 29.8 Å². The predicted molar refractivity (Wildman–Crippen MR) is 108 cm³/mol. The van der Waals surface area contributed by atoms with Crippen LogP contribution in [0, 0.1) is 5.92 Å². The lowest BCUT2D eigenvalue weighted by atomic mass is 9.85. The van der Waals surface area contributed by atoms with Crippen LogP contribution in [0.5, 0.6) is 0 Å². The third-order valence-electron chi connectivity index (χ3n) is 5.18. The van der Waals surface area contributed by atoms with Gasteiger partial charge in [-0.05, 0) is 30.5 Å². The van der Waals surface area contributed by atoms with E-state index in [-0.39, 0.29) is 11.8 Å². The second-order valence-electron chi connectivity index (χ2n) is 7.12. The van der Waals surface area contributed by atoms with Gasteiger partial charge in [0.05, 0.1) is 13.2 Å². The zero-order valence-electron chi connectivity index (χ0n) is 16.2. The van der Waals surface area contributed by atoms with E-state index in [2.05, 4.69) is 25.8 Å². The number of aliphatic imine (C=N–C) groups is 1. The number of anilines is 1. The molecule has 0 radical (unpaired) electrons. The summed E-state index contributed by atoms with van der Waals surface area (Å²) < 4.78 is 5.37. The number of rotatable bonds is 7. The molecule has 1 aliphatic heterocycles. The molecule has 2 fully saturated rings. The third-order valence-corrected chi connectivity index (χ3v) is 5.18. The molecule has 27 heavy (non-hydrogen) atoms. The first-order chi connectivity index (χ1) is 13.2. The highest BCUT2D eigenvalue weighted by Gasteiger charge is 2.25. The molecular formula is C20H31N5O2. The molecule has 1 heterocycles. The number of morpholine rings is 1. The molecule has 1 aromatic carbocycles. The summed E-state index contributed by atoms with van der Waals surface area (Å²) in [5.74, 6) is 1.13. The van der Waals surface area contributed by atoms with Crippen molar-refractivity contribution in [2.24, 2.45) is 10.9 Å². The summed E-state index contributed by atoms with van der Waals surface area (Å²) in [5, 5.41) is 9.71. The van der Waals surface area contributed by atoms with Gasteiger partial charge in [-0.25, -0.2) is 0 Å². The Bertz CT molecular complexity index is 639. The van der Waals surface area contributed by atoms with E-state index in [4.69, 9.17) is 4.74 Å². The van der Waals surface area contributed by atoms with Crippen molar-refractivity contribution in [2.45, 2.75) is 25.8 Å². The van der Waals surface area contributed by atoms with E-state index in [1.165, 1.54) is 6.42 Å². The van der Waals surface area contributed by atoms with Crippen molar-refractivity contribution in [3.63, 3.8) is 0 Å². The molecule has 7 nitrogen and oxygen atoms in total. The highest BCUT2D eigenvalue weighted by molar-refractivity contribution is 5.93. The molecule has 0 aromatic heterocycles. The number of guanidine groups is 1. The van der Waals surface area contributed by atoms with Crippen LogP contribution < -0.4 is 16.0 Å². The lowest BCUT2D eigenvalue weighted by Gasteiger charge is -2.26. The molecule has 1 saturated carbocycles. The van der Waals surface area contributed by atoms with Gasteiger partial charge in [-0.15, -0.1) is 0 Å². The van der Waals surface area contributed by atoms with E-state index >= 15 is 0 Å². The summed E-state index contributed by atoms with van der Waals surface area (Å²) in [4.78, 5) is 18.8. The number of nitrogens with zero attached hydrogens (tertiary/aromatic N) is 2. The van der Waals surface area contributed by atoms with Gasteiger partial charge in [-0.3, -0.25) is 14.7 Å². The summed E-state index contributed by atoms with van der Waals surface area (Å²) in [6.07, 6.45) is 3.19. The van der Waals surface area contributed by atoms with Crippen LogP contribution in [0.3, 0.4) is 0 Å². The van der Waals surface area contributed by atoms with Gasteiger partial charge in [0.25, 0.3) is 0 Å². The largest absolute Gasteiger partial charge is 0.379 e. The summed E-state index contributed by atoms with van der Waals surface area (Å²) in [6.45, 7) is 6.11. The first kappa shape index (κ1) is 19.6. The maximum absolute atomic E-state index is 12.1. The average molecular weight is 374 g/mol. The van der Waals surface area contributed by atoms with Crippen molar-refractivity contribution in [3.8, 4) is 0 Å². The first-order valence-electron chi connectivity index (χ1n) is 9.89. The van der Waals surface area contributed by atoms with Crippen LogP contribution in [0.15, 0.2) is 29.3 Å². The second-order valence-corrected chi connectivity index (χ2v) is 7.12. The minimum absolute atomic E-state index is 0.145. The second kappa shape index (κ2) is 10.3. The Morgan fingerprint density at radius 1 is 1.26 bits per heavy atom. The van der Waals surface area contributed by atoms with E-state index in [1.807, 2.05) is 24.3 Å². The number of benzene rings is 1. The zero-order chi connectivity index (χ0) is 18.9. The zero-order valence-corrected chi connectivity index (χ0v) is 16.2. The van der Waals surface area contributed by atoms with Gasteiger partial charge in [0.2, 0.25) is 5.91 Å². The smallest absolute Gasteiger partial charge is 0.227 e. The molecule has 1 amide bonds. The van der Waals surface area contributed by atoms with E-state index in [0.29, 0.717) is 6.54 Å². The monoisotopic (exact) mass is 373 g/mol. The minimum Gasteiger partial charge on any atom is -0.379 e. The highest BCUT2D eigenvalue weighted by Crippen LogP contribution is 2.27. The van der Waals surface area contributed by atoms with Gasteiger partial charge in [0.1, 0.15) is 0 Å². The molecule has 3 rings (SSSR count). The highest BCUT2D eigenvalue weighted by atomic mass is 16.5. The fourth-order valence-corrected chi connectivity index (χ4v) is 3.24. The Morgan fingerprint density at radius 2 is 2.07 bits per heavy atom. The Balaban J connectivity index is 1.40. The predicted octanol–water partition coefficient (Wildman–Crippen LogP) is 1.42. The van der Waals surface area contributed by atoms with Crippen molar-refractivity contribution in [2.75, 3.05) is 51.8 Å². The molecule has 3 N–H and O–H groups in total. The Hall–Kier alpha value is -2.12. The topological polar surface area (TPSA) is 78.0 Å². The van der Waals surface area contributed by atoms with E-state index in [1.54, 1.807) is 7.05 Å². The Labute approximate surface area is 161 Å². The molecule has 7 heteroatoms. The summed E-state index contributed by atoms with van der Waals surface area (Å²) >= 11 is 0.